The van der Waals surface area contributed by atoms with E-state index in [2.05, 4.69) is 10.5 Å². The quantitative estimate of drug-likeness (QED) is 0.589. The maximum Gasteiger partial charge on any atom is 0.243 e. The molecule has 0 saturated carbocycles. The normalized spacial score (nSPS) is 16.7. The second kappa shape index (κ2) is 8.52. The topological polar surface area (TPSA) is 78.8 Å². The van der Waals surface area contributed by atoms with E-state index in [4.69, 9.17) is 11.6 Å². The molecule has 0 atom stereocenters. The van der Waals surface area contributed by atoms with Crippen molar-refractivity contribution in [1.82, 2.24) is 9.73 Å². The molecule has 1 saturated heterocycles. The molecule has 0 unspecified atom stereocenters. The minimum atomic E-state index is -3.56. The largest absolute Gasteiger partial charge is 0.273 e. The predicted octanol–water partition coefficient (Wildman–Crippen LogP) is 3.26. The number of piperidine rings is 1. The summed E-state index contributed by atoms with van der Waals surface area (Å²) in [5.41, 5.74) is 3.67. The third kappa shape index (κ3) is 4.76. The van der Waals surface area contributed by atoms with E-state index in [0.717, 1.165) is 10.4 Å². The van der Waals surface area contributed by atoms with Gasteiger partial charge in [0.25, 0.3) is 0 Å². The van der Waals surface area contributed by atoms with Gasteiger partial charge in [0.2, 0.25) is 15.9 Å². The van der Waals surface area contributed by atoms with Crippen molar-refractivity contribution < 1.29 is 13.2 Å². The number of nitrogens with one attached hydrogen (secondary N) is 1. The summed E-state index contributed by atoms with van der Waals surface area (Å²) in [7, 11) is -3.56. The van der Waals surface area contributed by atoms with E-state index in [0.29, 0.717) is 31.0 Å². The number of carbonyl (C=O) groups excluding carboxylic acids is 1. The fraction of sp³-hybridized carbons (Fsp3) is 0.333. The van der Waals surface area contributed by atoms with Gasteiger partial charge < -0.3 is 0 Å². The Morgan fingerprint density at radius 1 is 1.26 bits per heavy atom. The van der Waals surface area contributed by atoms with Crippen molar-refractivity contribution in [2.75, 3.05) is 13.1 Å². The van der Waals surface area contributed by atoms with E-state index >= 15 is 0 Å². The summed E-state index contributed by atoms with van der Waals surface area (Å²) in [4.78, 5) is 13.5. The van der Waals surface area contributed by atoms with E-state index in [-0.39, 0.29) is 16.7 Å². The van der Waals surface area contributed by atoms with Crippen LogP contribution in [0.15, 0.2) is 45.7 Å². The van der Waals surface area contributed by atoms with Gasteiger partial charge in [-0.25, -0.2) is 13.8 Å². The lowest BCUT2D eigenvalue weighted by Gasteiger charge is -2.30. The Hall–Kier alpha value is -1.74. The van der Waals surface area contributed by atoms with Crippen LogP contribution in [0.3, 0.4) is 0 Å². The molecule has 1 aliphatic rings. The van der Waals surface area contributed by atoms with Crippen LogP contribution in [0.4, 0.5) is 0 Å². The average molecular weight is 426 g/mol. The lowest BCUT2D eigenvalue weighted by molar-refractivity contribution is -0.126. The van der Waals surface area contributed by atoms with Crippen LogP contribution >= 0.6 is 22.9 Å². The lowest BCUT2D eigenvalue weighted by Crippen LogP contribution is -2.42. The molecule has 0 radical (unpaired) electrons. The highest BCUT2D eigenvalue weighted by Gasteiger charge is 2.32. The van der Waals surface area contributed by atoms with Crippen LogP contribution < -0.4 is 5.43 Å². The number of amides is 1. The maximum absolute atomic E-state index is 12.7. The van der Waals surface area contributed by atoms with E-state index in [1.54, 1.807) is 29.7 Å². The Morgan fingerprint density at radius 3 is 2.52 bits per heavy atom. The smallest absolute Gasteiger partial charge is 0.243 e. The number of halogens is 1. The molecule has 2 heterocycles. The number of thiophene rings is 1. The van der Waals surface area contributed by atoms with Gasteiger partial charge in [-0.05, 0) is 61.0 Å². The molecule has 1 fully saturated rings. The number of rotatable bonds is 5. The highest BCUT2D eigenvalue weighted by molar-refractivity contribution is 7.89. The summed E-state index contributed by atoms with van der Waals surface area (Å²) < 4.78 is 26.8. The number of aryl methyl sites for hydroxylation is 1. The maximum atomic E-state index is 12.7. The third-order valence-corrected chi connectivity index (χ3v) is 7.65. The van der Waals surface area contributed by atoms with Gasteiger partial charge in [0, 0.05) is 28.9 Å². The highest BCUT2D eigenvalue weighted by Crippen LogP contribution is 2.25. The molecule has 0 spiro atoms. The molecular weight excluding hydrogens is 406 g/mol. The summed E-state index contributed by atoms with van der Waals surface area (Å²) in [6.07, 6.45) is 2.57. The standard InChI is InChI=1S/C18H20ClN3O3S2/c1-13-8-11-26-17(13)12-20-21-18(23)14-6-9-22(10-7-14)27(24,25)16-4-2-15(19)3-5-16/h2-5,8,11-12,14H,6-7,9-10H2,1H3,(H,21,23)/b20-12-. The first-order valence-corrected chi connectivity index (χ1v) is 11.2. The number of carbonyl (C=O) groups is 1. The zero-order chi connectivity index (χ0) is 19.4. The minimum absolute atomic E-state index is 0.177. The van der Waals surface area contributed by atoms with Crippen LogP contribution in [0.25, 0.3) is 0 Å². The Balaban J connectivity index is 1.55. The van der Waals surface area contributed by atoms with E-state index in [1.807, 2.05) is 18.4 Å². The Morgan fingerprint density at radius 2 is 1.93 bits per heavy atom. The Labute approximate surface area is 167 Å². The highest BCUT2D eigenvalue weighted by atomic mass is 35.5. The molecule has 6 nitrogen and oxygen atoms in total. The summed E-state index contributed by atoms with van der Waals surface area (Å²) in [6, 6.07) is 8.10. The first kappa shape index (κ1) is 20.0. The van der Waals surface area contributed by atoms with E-state index in [9.17, 15) is 13.2 Å². The summed E-state index contributed by atoms with van der Waals surface area (Å²) in [5, 5.41) is 6.47. The first-order chi connectivity index (χ1) is 12.9. The molecule has 3 rings (SSSR count). The molecule has 1 aromatic carbocycles. The molecule has 1 N–H and O–H groups in total. The number of sulfonamides is 1. The van der Waals surface area contributed by atoms with Crippen molar-refractivity contribution in [3.63, 3.8) is 0 Å². The average Bonchev–Trinajstić information content (AvgIpc) is 3.07. The van der Waals surface area contributed by atoms with E-state index < -0.39 is 10.0 Å². The zero-order valence-corrected chi connectivity index (χ0v) is 17.1. The summed E-state index contributed by atoms with van der Waals surface area (Å²) >= 11 is 7.38. The van der Waals surface area contributed by atoms with Crippen LogP contribution in [0.2, 0.25) is 5.02 Å². The fourth-order valence-corrected chi connectivity index (χ4v) is 5.26. The number of hydrazone groups is 1. The molecule has 0 aliphatic carbocycles. The van der Waals surface area contributed by atoms with Crippen LogP contribution in [-0.2, 0) is 14.8 Å². The second-order valence-corrected chi connectivity index (χ2v) is 9.66. The van der Waals surface area contributed by atoms with Gasteiger partial charge in [0.05, 0.1) is 11.1 Å². The number of nitrogens with zero attached hydrogens (tertiary/aromatic N) is 2. The number of hydrogen-bond donors (Lipinski definition) is 1. The van der Waals surface area contributed by atoms with Gasteiger partial charge in [0.15, 0.2) is 0 Å². The van der Waals surface area contributed by atoms with Crippen LogP contribution in [0.1, 0.15) is 23.3 Å². The molecule has 0 bridgehead atoms. The van der Waals surface area contributed by atoms with Gasteiger partial charge in [0.1, 0.15) is 0 Å². The van der Waals surface area contributed by atoms with Gasteiger partial charge in [-0.3, -0.25) is 4.79 Å². The van der Waals surface area contributed by atoms with Gasteiger partial charge in [-0.2, -0.15) is 9.41 Å². The number of benzene rings is 1. The van der Waals surface area contributed by atoms with Crippen molar-refractivity contribution >= 4 is 45.1 Å². The Kier molecular flexibility index (Phi) is 6.31. The Bertz CT molecular complexity index is 931. The van der Waals surface area contributed by atoms with Crippen molar-refractivity contribution in [1.29, 1.82) is 0 Å². The van der Waals surface area contributed by atoms with Crippen molar-refractivity contribution in [2.45, 2.75) is 24.7 Å². The lowest BCUT2D eigenvalue weighted by atomic mass is 9.98. The predicted molar refractivity (Wildman–Crippen MR) is 108 cm³/mol. The minimum Gasteiger partial charge on any atom is -0.273 e. The van der Waals surface area contributed by atoms with Gasteiger partial charge in [-0.15, -0.1) is 11.3 Å². The van der Waals surface area contributed by atoms with Gasteiger partial charge in [-0.1, -0.05) is 11.6 Å². The molecule has 1 amide bonds. The first-order valence-electron chi connectivity index (χ1n) is 8.50. The molecule has 144 valence electrons. The van der Waals surface area contributed by atoms with Crippen LogP contribution in [0, 0.1) is 12.8 Å². The molecule has 1 aliphatic heterocycles. The molecular formula is C18H20ClN3O3S2. The number of hydrogen-bond acceptors (Lipinski definition) is 5. The van der Waals surface area contributed by atoms with Gasteiger partial charge >= 0.3 is 0 Å². The van der Waals surface area contributed by atoms with Crippen LogP contribution in [0.5, 0.6) is 0 Å². The van der Waals surface area contributed by atoms with Crippen molar-refractivity contribution in [3.8, 4) is 0 Å². The SMILES string of the molecule is Cc1ccsc1/C=N\NC(=O)C1CCN(S(=O)(=O)c2ccc(Cl)cc2)CC1. The molecule has 27 heavy (non-hydrogen) atoms. The van der Waals surface area contributed by atoms with E-state index in [1.165, 1.54) is 16.4 Å². The van der Waals surface area contributed by atoms with Crippen molar-refractivity contribution in [2.24, 2.45) is 11.0 Å². The molecule has 1 aromatic heterocycles. The zero-order valence-electron chi connectivity index (χ0n) is 14.8. The monoisotopic (exact) mass is 425 g/mol. The third-order valence-electron chi connectivity index (χ3n) is 4.53. The molecule has 9 heteroatoms. The second-order valence-electron chi connectivity index (χ2n) is 6.33. The van der Waals surface area contributed by atoms with Crippen LogP contribution in [-0.4, -0.2) is 37.9 Å². The van der Waals surface area contributed by atoms with Crippen molar-refractivity contribution in [3.05, 3.63) is 51.2 Å². The fourth-order valence-electron chi connectivity index (χ4n) is 2.88. The molecule has 2 aromatic rings. The summed E-state index contributed by atoms with van der Waals surface area (Å²) in [5.74, 6) is -0.424. The summed E-state index contributed by atoms with van der Waals surface area (Å²) in [6.45, 7) is 2.59.